The van der Waals surface area contributed by atoms with Crippen LogP contribution in [0.15, 0.2) is 30.3 Å². The van der Waals surface area contributed by atoms with E-state index in [0.717, 1.165) is 29.2 Å². The lowest BCUT2D eigenvalue weighted by atomic mass is 10.2. The smallest absolute Gasteiger partial charge is 0.159 e. The van der Waals surface area contributed by atoms with Gasteiger partial charge in [0, 0.05) is 28.4 Å². The Balaban J connectivity index is 0.00000162. The van der Waals surface area contributed by atoms with Gasteiger partial charge in [0.25, 0.3) is 0 Å². The van der Waals surface area contributed by atoms with Gasteiger partial charge in [-0.3, -0.25) is 0 Å². The second-order valence-electron chi connectivity index (χ2n) is 3.87. The highest BCUT2D eigenvalue weighted by molar-refractivity contribution is 6.30. The number of hydrogen-bond acceptors (Lipinski definition) is 3. The number of rotatable bonds is 3. The molecule has 1 aromatic carbocycles. The van der Waals surface area contributed by atoms with Gasteiger partial charge in [-0.05, 0) is 43.8 Å². The Morgan fingerprint density at radius 1 is 1.17 bits per heavy atom. The Hall–Kier alpha value is -1.16. The summed E-state index contributed by atoms with van der Waals surface area (Å²) in [4.78, 5) is 8.91. The molecule has 2 rings (SSSR count). The van der Waals surface area contributed by atoms with Gasteiger partial charge in [-0.1, -0.05) is 11.6 Å². The van der Waals surface area contributed by atoms with Gasteiger partial charge in [-0.25, -0.2) is 9.97 Å². The summed E-state index contributed by atoms with van der Waals surface area (Å²) in [5, 5.41) is 0.712. The summed E-state index contributed by atoms with van der Waals surface area (Å²) in [7, 11) is 0. The third-order valence-corrected chi connectivity index (χ3v) is 2.66. The van der Waals surface area contributed by atoms with Crippen molar-refractivity contribution in [1.82, 2.24) is 9.97 Å². The van der Waals surface area contributed by atoms with Gasteiger partial charge in [0.15, 0.2) is 5.82 Å². The molecule has 3 nitrogen and oxygen atoms in total. The quantitative estimate of drug-likeness (QED) is 0.942. The van der Waals surface area contributed by atoms with Crippen LogP contribution in [0, 0.1) is 6.92 Å². The highest BCUT2D eigenvalue weighted by Crippen LogP contribution is 2.18. The van der Waals surface area contributed by atoms with Gasteiger partial charge < -0.3 is 5.73 Å². The lowest BCUT2D eigenvalue weighted by Gasteiger charge is -2.05. The maximum Gasteiger partial charge on any atom is 0.159 e. The normalized spacial score (nSPS) is 9.94. The zero-order valence-electron chi connectivity index (χ0n) is 10.1. The van der Waals surface area contributed by atoms with E-state index in [1.807, 2.05) is 37.3 Å². The zero-order chi connectivity index (χ0) is 12.3. The van der Waals surface area contributed by atoms with Crippen LogP contribution < -0.4 is 5.73 Å². The molecule has 5 heteroatoms. The number of nitrogens with zero attached hydrogens (tertiary/aromatic N) is 2. The van der Waals surface area contributed by atoms with Crippen LogP contribution in [-0.4, -0.2) is 16.5 Å². The maximum atomic E-state index is 5.85. The second kappa shape index (κ2) is 6.69. The van der Waals surface area contributed by atoms with Crippen molar-refractivity contribution >= 4 is 24.0 Å². The molecule has 1 aromatic heterocycles. The number of hydrogen-bond donors (Lipinski definition) is 1. The van der Waals surface area contributed by atoms with E-state index in [0.29, 0.717) is 11.6 Å². The Morgan fingerprint density at radius 3 is 2.44 bits per heavy atom. The number of aromatic nitrogens is 2. The predicted molar refractivity (Wildman–Crippen MR) is 77.2 cm³/mol. The SMILES string of the molecule is Cc1cc(CCN)nc(-c2ccc(Cl)cc2)n1.Cl. The predicted octanol–water partition coefficient (Wildman–Crippen LogP) is 3.03. The van der Waals surface area contributed by atoms with Gasteiger partial charge in [0.05, 0.1) is 0 Å². The average Bonchev–Trinajstić information content (AvgIpc) is 2.29. The lowest BCUT2D eigenvalue weighted by Crippen LogP contribution is -2.06. The van der Waals surface area contributed by atoms with E-state index in [-0.39, 0.29) is 12.4 Å². The van der Waals surface area contributed by atoms with E-state index in [2.05, 4.69) is 9.97 Å². The summed E-state index contributed by atoms with van der Waals surface area (Å²) in [5.41, 5.74) is 8.44. The molecule has 0 aliphatic carbocycles. The highest BCUT2D eigenvalue weighted by atomic mass is 35.5. The van der Waals surface area contributed by atoms with Gasteiger partial charge in [-0.2, -0.15) is 0 Å². The largest absolute Gasteiger partial charge is 0.330 e. The molecule has 18 heavy (non-hydrogen) atoms. The summed E-state index contributed by atoms with van der Waals surface area (Å²) in [6.45, 7) is 2.55. The van der Waals surface area contributed by atoms with E-state index < -0.39 is 0 Å². The molecule has 0 bridgehead atoms. The van der Waals surface area contributed by atoms with Crippen LogP contribution in [0.4, 0.5) is 0 Å². The van der Waals surface area contributed by atoms with Crippen molar-refractivity contribution in [3.63, 3.8) is 0 Å². The third kappa shape index (κ3) is 3.67. The van der Waals surface area contributed by atoms with Crippen molar-refractivity contribution in [2.45, 2.75) is 13.3 Å². The topological polar surface area (TPSA) is 51.8 Å². The van der Waals surface area contributed by atoms with Crippen LogP contribution in [0.25, 0.3) is 11.4 Å². The number of benzene rings is 1. The fraction of sp³-hybridized carbons (Fsp3) is 0.231. The lowest BCUT2D eigenvalue weighted by molar-refractivity contribution is 0.905. The van der Waals surface area contributed by atoms with Crippen molar-refractivity contribution in [2.75, 3.05) is 6.54 Å². The van der Waals surface area contributed by atoms with Crippen molar-refractivity contribution in [3.8, 4) is 11.4 Å². The fourth-order valence-corrected chi connectivity index (χ4v) is 1.76. The Bertz CT molecular complexity index is 512. The van der Waals surface area contributed by atoms with E-state index in [1.54, 1.807) is 0 Å². The molecule has 0 saturated heterocycles. The molecular weight excluding hydrogens is 269 g/mol. The molecule has 0 atom stereocenters. The fourth-order valence-electron chi connectivity index (χ4n) is 1.64. The Labute approximate surface area is 118 Å². The van der Waals surface area contributed by atoms with Crippen molar-refractivity contribution < 1.29 is 0 Å². The van der Waals surface area contributed by atoms with Crippen LogP contribution in [0.2, 0.25) is 5.02 Å². The monoisotopic (exact) mass is 283 g/mol. The number of aryl methyl sites for hydroxylation is 1. The van der Waals surface area contributed by atoms with E-state index >= 15 is 0 Å². The highest BCUT2D eigenvalue weighted by Gasteiger charge is 2.04. The Kier molecular flexibility index (Phi) is 5.54. The minimum Gasteiger partial charge on any atom is -0.330 e. The van der Waals surface area contributed by atoms with E-state index in [9.17, 15) is 0 Å². The molecule has 0 saturated carbocycles. The number of nitrogens with two attached hydrogens (primary N) is 1. The molecule has 0 amide bonds. The first-order valence-corrected chi connectivity index (χ1v) is 5.87. The van der Waals surface area contributed by atoms with Gasteiger partial charge >= 0.3 is 0 Å². The molecule has 0 fully saturated rings. The Morgan fingerprint density at radius 2 is 1.83 bits per heavy atom. The van der Waals surface area contributed by atoms with Crippen LogP contribution in [-0.2, 0) is 6.42 Å². The van der Waals surface area contributed by atoms with Crippen molar-refractivity contribution in [2.24, 2.45) is 5.73 Å². The first-order chi connectivity index (χ1) is 8.19. The molecule has 0 unspecified atom stereocenters. The van der Waals surface area contributed by atoms with Crippen molar-refractivity contribution in [3.05, 3.63) is 46.7 Å². The molecular formula is C13H15Cl2N3. The van der Waals surface area contributed by atoms with Crippen LogP contribution >= 0.6 is 24.0 Å². The first-order valence-electron chi connectivity index (χ1n) is 5.49. The van der Waals surface area contributed by atoms with Crippen LogP contribution in [0.5, 0.6) is 0 Å². The third-order valence-electron chi connectivity index (χ3n) is 2.41. The first kappa shape index (κ1) is 14.9. The van der Waals surface area contributed by atoms with Crippen LogP contribution in [0.1, 0.15) is 11.4 Å². The number of halogens is 2. The van der Waals surface area contributed by atoms with Gasteiger partial charge in [0.2, 0.25) is 0 Å². The molecule has 1 heterocycles. The van der Waals surface area contributed by atoms with E-state index in [4.69, 9.17) is 17.3 Å². The summed E-state index contributed by atoms with van der Waals surface area (Å²) >= 11 is 5.85. The average molecular weight is 284 g/mol. The van der Waals surface area contributed by atoms with Gasteiger partial charge in [-0.15, -0.1) is 12.4 Å². The second-order valence-corrected chi connectivity index (χ2v) is 4.31. The van der Waals surface area contributed by atoms with E-state index in [1.165, 1.54) is 0 Å². The standard InChI is InChI=1S/C13H14ClN3.ClH/c1-9-8-12(6-7-15)17-13(16-9)10-2-4-11(14)5-3-10;/h2-5,8H,6-7,15H2,1H3;1H. The summed E-state index contributed by atoms with van der Waals surface area (Å²) in [6.07, 6.45) is 0.768. The molecule has 96 valence electrons. The minimum absolute atomic E-state index is 0. The van der Waals surface area contributed by atoms with Gasteiger partial charge in [0.1, 0.15) is 0 Å². The minimum atomic E-state index is 0. The summed E-state index contributed by atoms with van der Waals surface area (Å²) in [5.74, 6) is 0.727. The zero-order valence-corrected chi connectivity index (χ0v) is 11.6. The van der Waals surface area contributed by atoms with Crippen molar-refractivity contribution in [1.29, 1.82) is 0 Å². The molecule has 0 spiro atoms. The molecule has 0 aliphatic heterocycles. The summed E-state index contributed by atoms with van der Waals surface area (Å²) in [6, 6.07) is 9.48. The molecule has 0 aliphatic rings. The molecule has 2 N–H and O–H groups in total. The van der Waals surface area contributed by atoms with Crippen LogP contribution in [0.3, 0.4) is 0 Å². The maximum absolute atomic E-state index is 5.85. The summed E-state index contributed by atoms with van der Waals surface area (Å²) < 4.78 is 0. The molecule has 0 radical (unpaired) electrons. The molecule has 2 aromatic rings.